The van der Waals surface area contributed by atoms with Crippen molar-refractivity contribution in [2.75, 3.05) is 13.2 Å². The molecule has 0 radical (unpaired) electrons. The number of hydrogen-bond donors (Lipinski definition) is 9. The highest BCUT2D eigenvalue weighted by Gasteiger charge is 2.47. The van der Waals surface area contributed by atoms with Crippen molar-refractivity contribution in [2.24, 2.45) is 11.8 Å². The number of aliphatic hydroxyl groups is 4. The van der Waals surface area contributed by atoms with Crippen molar-refractivity contribution < 1.29 is 69.9 Å². The summed E-state index contributed by atoms with van der Waals surface area (Å²) in [6.45, 7) is 21.8. The minimum absolute atomic E-state index is 0.288. The van der Waals surface area contributed by atoms with E-state index < -0.39 is 54.3 Å². The topological polar surface area (TPSA) is 267 Å². The first-order valence-corrected chi connectivity index (χ1v) is 12.5. The van der Waals surface area contributed by atoms with Gasteiger partial charge >= 0.3 is 29.8 Å². The van der Waals surface area contributed by atoms with E-state index in [1.165, 1.54) is 0 Å². The van der Waals surface area contributed by atoms with Crippen molar-refractivity contribution >= 4 is 29.8 Å². The van der Waals surface area contributed by atoms with E-state index in [1.807, 2.05) is 27.7 Å². The van der Waals surface area contributed by atoms with Crippen LogP contribution >= 0.6 is 0 Å². The fraction of sp³-hybridized carbons (Fsp3) is 0.483. The zero-order chi connectivity index (χ0) is 35.8. The van der Waals surface area contributed by atoms with Gasteiger partial charge in [0.2, 0.25) is 0 Å². The Morgan fingerprint density at radius 2 is 0.651 bits per heavy atom. The molecule has 0 fully saturated rings. The van der Waals surface area contributed by atoms with Gasteiger partial charge in [-0.2, -0.15) is 0 Å². The monoisotopic (exact) mass is 622 g/mol. The Labute approximate surface area is 252 Å². The van der Waals surface area contributed by atoms with Crippen LogP contribution in [0.1, 0.15) is 53.4 Å². The van der Waals surface area contributed by atoms with Gasteiger partial charge in [-0.1, -0.05) is 60.6 Å². The molecule has 0 aromatic heterocycles. The maximum Gasteiger partial charge on any atom is 0.327 e. The van der Waals surface area contributed by atoms with Gasteiger partial charge in [-0.15, -0.1) is 0 Å². The Balaban J connectivity index is -0.000000112. The van der Waals surface area contributed by atoms with E-state index in [4.69, 9.17) is 25.5 Å². The predicted octanol–water partition coefficient (Wildman–Crippen LogP) is 2.59. The number of carboxylic acid groups (broad SMARTS) is 5. The average Bonchev–Trinajstić information content (AvgIpc) is 2.95. The first kappa shape index (κ1) is 51.6. The summed E-state index contributed by atoms with van der Waals surface area (Å²) in [5.41, 5.74) is -3.25. The Morgan fingerprint density at radius 3 is 0.721 bits per heavy atom. The van der Waals surface area contributed by atoms with E-state index in [-0.39, 0.29) is 12.8 Å². The molecule has 0 saturated heterocycles. The van der Waals surface area contributed by atoms with Crippen molar-refractivity contribution in [2.45, 2.75) is 64.6 Å². The highest BCUT2D eigenvalue weighted by Crippen LogP contribution is 2.33. The van der Waals surface area contributed by atoms with Gasteiger partial charge in [0, 0.05) is 30.4 Å². The first-order valence-electron chi connectivity index (χ1n) is 12.5. The van der Waals surface area contributed by atoms with E-state index in [2.05, 4.69) is 32.9 Å². The molecule has 0 aliphatic rings. The molecule has 0 rings (SSSR count). The van der Waals surface area contributed by atoms with Crippen molar-refractivity contribution in [3.8, 4) is 0 Å². The van der Waals surface area contributed by atoms with Gasteiger partial charge in [0.05, 0.1) is 13.2 Å². The van der Waals surface area contributed by atoms with Crippen LogP contribution in [-0.2, 0) is 24.0 Å². The van der Waals surface area contributed by atoms with Crippen molar-refractivity contribution in [3.63, 3.8) is 0 Å². The van der Waals surface area contributed by atoms with Crippen molar-refractivity contribution in [3.05, 3.63) is 63.3 Å². The van der Waals surface area contributed by atoms with Gasteiger partial charge in [-0.05, 0) is 37.5 Å². The maximum atomic E-state index is 10.4. The standard InChI is InChI=1S/C14H30O4.5C3H4O2/c1-11(2)5-7-13(17,9-15)14(18,10-16)8-6-12(3)4;5*1-2-3(4)5/h11-12,15-18H,5-10H2,1-4H3;5*2H,1H2,(H,4,5)/t13-,14+;;;;;. The largest absolute Gasteiger partial charge is 0.478 e. The third kappa shape index (κ3) is 45.1. The summed E-state index contributed by atoms with van der Waals surface area (Å²) in [5.74, 6) is -4.16. The lowest BCUT2D eigenvalue weighted by Crippen LogP contribution is -2.59. The van der Waals surface area contributed by atoms with Crippen LogP contribution in [0.15, 0.2) is 63.3 Å². The van der Waals surface area contributed by atoms with Crippen LogP contribution < -0.4 is 0 Å². The van der Waals surface area contributed by atoms with Crippen LogP contribution in [0.2, 0.25) is 0 Å². The summed E-state index contributed by atoms with van der Waals surface area (Å²) in [4.78, 5) is 46.2. The second-order valence-corrected chi connectivity index (χ2v) is 8.96. The Morgan fingerprint density at radius 1 is 0.512 bits per heavy atom. The van der Waals surface area contributed by atoms with Gasteiger partial charge in [0.15, 0.2) is 0 Å². The molecule has 0 saturated carbocycles. The molecule has 0 aliphatic carbocycles. The molecule has 0 heterocycles. The molecule has 2 atom stereocenters. The zero-order valence-electron chi connectivity index (χ0n) is 25.4. The normalized spacial score (nSPS) is 11.7. The Kier molecular flexibility index (Phi) is 38.9. The first-order chi connectivity index (χ1) is 19.6. The summed E-state index contributed by atoms with van der Waals surface area (Å²) in [7, 11) is 0. The molecule has 0 aliphatic heterocycles. The summed E-state index contributed by atoms with van der Waals surface area (Å²) < 4.78 is 0. The van der Waals surface area contributed by atoms with Crippen LogP contribution in [0.4, 0.5) is 0 Å². The number of rotatable bonds is 14. The smallest absolute Gasteiger partial charge is 0.327 e. The highest BCUT2D eigenvalue weighted by atomic mass is 16.4. The molecule has 0 aromatic rings. The van der Waals surface area contributed by atoms with Crippen LogP contribution in [0.25, 0.3) is 0 Å². The Hall–Kier alpha value is -4.11. The van der Waals surface area contributed by atoms with Gasteiger partial charge in [-0.3, -0.25) is 0 Å². The molecule has 9 N–H and O–H groups in total. The van der Waals surface area contributed by atoms with Crippen molar-refractivity contribution in [1.29, 1.82) is 0 Å². The lowest BCUT2D eigenvalue weighted by molar-refractivity contribution is -0.198. The van der Waals surface area contributed by atoms with E-state index in [9.17, 15) is 44.4 Å². The zero-order valence-corrected chi connectivity index (χ0v) is 25.4. The van der Waals surface area contributed by atoms with Crippen LogP contribution in [0, 0.1) is 11.8 Å². The van der Waals surface area contributed by atoms with Crippen LogP contribution in [-0.4, -0.2) is 100 Å². The molecule has 0 amide bonds. The molecule has 43 heavy (non-hydrogen) atoms. The molecule has 0 aromatic carbocycles. The second kappa shape index (κ2) is 32.4. The van der Waals surface area contributed by atoms with Gasteiger partial charge in [-0.25, -0.2) is 24.0 Å². The number of carboxylic acids is 5. The fourth-order valence-corrected chi connectivity index (χ4v) is 1.97. The summed E-state index contributed by atoms with van der Waals surface area (Å²) >= 11 is 0. The molecule has 0 bridgehead atoms. The van der Waals surface area contributed by atoms with Gasteiger partial charge in [0.25, 0.3) is 0 Å². The predicted molar refractivity (Wildman–Crippen MR) is 161 cm³/mol. The number of aliphatic carboxylic acids is 5. The maximum absolute atomic E-state index is 10.4. The molecule has 0 unspecified atom stereocenters. The number of aliphatic hydroxyl groups excluding tert-OH is 2. The van der Waals surface area contributed by atoms with Gasteiger partial charge < -0.3 is 46.0 Å². The van der Waals surface area contributed by atoms with E-state index in [1.54, 1.807) is 0 Å². The van der Waals surface area contributed by atoms with Gasteiger partial charge in [0.1, 0.15) is 11.2 Å². The summed E-state index contributed by atoms with van der Waals surface area (Å²) in [6.07, 6.45) is 6.13. The molecule has 250 valence electrons. The van der Waals surface area contributed by atoms with E-state index in [0.717, 1.165) is 30.4 Å². The third-order valence-electron chi connectivity index (χ3n) is 4.53. The molecular weight excluding hydrogens is 572 g/mol. The molecule has 14 heteroatoms. The average molecular weight is 623 g/mol. The van der Waals surface area contributed by atoms with Crippen LogP contribution in [0.3, 0.4) is 0 Å². The minimum Gasteiger partial charge on any atom is -0.478 e. The number of carbonyl (C=O) groups is 5. The lowest BCUT2D eigenvalue weighted by atomic mass is 9.75. The lowest BCUT2D eigenvalue weighted by Gasteiger charge is -2.42. The molecular formula is C29H50O14. The fourth-order valence-electron chi connectivity index (χ4n) is 1.97. The Bertz CT molecular complexity index is 720. The summed E-state index contributed by atoms with van der Waals surface area (Å²) in [6, 6.07) is 0. The second-order valence-electron chi connectivity index (χ2n) is 8.96. The van der Waals surface area contributed by atoms with Crippen LogP contribution in [0.5, 0.6) is 0 Å². The summed E-state index contributed by atoms with van der Waals surface area (Å²) in [5, 5.41) is 77.7. The van der Waals surface area contributed by atoms with E-state index in [0.29, 0.717) is 24.7 Å². The quantitative estimate of drug-likeness (QED) is 0.126. The molecule has 14 nitrogen and oxygen atoms in total. The minimum atomic E-state index is -1.62. The third-order valence-corrected chi connectivity index (χ3v) is 4.53. The number of hydrogen-bond acceptors (Lipinski definition) is 9. The SMILES string of the molecule is C=CC(=O)O.C=CC(=O)O.C=CC(=O)O.C=CC(=O)O.C=CC(=O)O.CC(C)CC[C@](O)(CO)[C@](O)(CO)CCC(C)C. The van der Waals surface area contributed by atoms with Crippen molar-refractivity contribution in [1.82, 2.24) is 0 Å². The van der Waals surface area contributed by atoms with E-state index >= 15 is 0 Å². The highest BCUT2D eigenvalue weighted by molar-refractivity contribution is 5.80. The molecule has 0 spiro atoms.